The fourth-order valence-electron chi connectivity index (χ4n) is 0.939. The highest BCUT2D eigenvalue weighted by Crippen LogP contribution is 2.25. The Morgan fingerprint density at radius 2 is 2.00 bits per heavy atom. The molecule has 0 unspecified atom stereocenters. The maximum atomic E-state index is 8.73. The van der Waals surface area contributed by atoms with Crippen LogP contribution in [0.25, 0.3) is 0 Å². The molecule has 1 rings (SSSR count). The number of ether oxygens (including phenoxy) is 1. The second-order valence-corrected chi connectivity index (χ2v) is 2.78. The first-order valence-electron chi connectivity index (χ1n) is 3.44. The van der Waals surface area contributed by atoms with Gasteiger partial charge in [-0.2, -0.15) is 10.5 Å². The average Bonchev–Trinajstić information content (AvgIpc) is 2.16. The van der Waals surface area contributed by atoms with Gasteiger partial charge in [-0.05, 0) is 12.1 Å². The molecule has 0 saturated heterocycles. The smallest absolute Gasteiger partial charge is 0.139 e. The normalized spacial score (nSPS) is 8.62. The van der Waals surface area contributed by atoms with Crippen LogP contribution in [0.2, 0.25) is 0 Å². The second kappa shape index (κ2) is 3.84. The molecule has 0 radical (unpaired) electrons. The van der Waals surface area contributed by atoms with Gasteiger partial charge in [0.25, 0.3) is 0 Å². The van der Waals surface area contributed by atoms with Gasteiger partial charge in [0.05, 0.1) is 18.7 Å². The lowest BCUT2D eigenvalue weighted by molar-refractivity contribution is 0.412. The fourth-order valence-corrected chi connectivity index (χ4v) is 1.24. The number of rotatable bonds is 1. The van der Waals surface area contributed by atoms with Crippen LogP contribution in [0, 0.1) is 22.7 Å². The van der Waals surface area contributed by atoms with Crippen molar-refractivity contribution in [1.29, 1.82) is 10.5 Å². The summed E-state index contributed by atoms with van der Waals surface area (Å²) in [4.78, 5) is 0.457. The molecule has 0 aliphatic carbocycles. The highest BCUT2D eigenvalue weighted by molar-refractivity contribution is 7.80. The molecule has 0 bridgehead atoms. The molecule has 3 nitrogen and oxygen atoms in total. The predicted octanol–water partition coefficient (Wildman–Crippen LogP) is 1.73. The number of nitrogens with zero attached hydrogens (tertiary/aromatic N) is 2. The van der Waals surface area contributed by atoms with E-state index in [4.69, 9.17) is 15.3 Å². The van der Waals surface area contributed by atoms with E-state index < -0.39 is 0 Å². The Bertz CT molecular complexity index is 415. The summed E-state index contributed by atoms with van der Waals surface area (Å²) < 4.78 is 4.94. The van der Waals surface area contributed by atoms with Crippen molar-refractivity contribution in [1.82, 2.24) is 0 Å². The van der Waals surface area contributed by atoms with Gasteiger partial charge in [0.15, 0.2) is 0 Å². The number of benzene rings is 1. The van der Waals surface area contributed by atoms with Gasteiger partial charge in [-0.25, -0.2) is 0 Å². The number of hydrogen-bond acceptors (Lipinski definition) is 4. The van der Waals surface area contributed by atoms with Gasteiger partial charge in [0.2, 0.25) is 0 Å². The number of hydrogen-bond donors (Lipinski definition) is 1. The Balaban J connectivity index is 3.42. The topological polar surface area (TPSA) is 56.8 Å². The molecule has 13 heavy (non-hydrogen) atoms. The van der Waals surface area contributed by atoms with Gasteiger partial charge in [0.1, 0.15) is 17.4 Å². The van der Waals surface area contributed by atoms with Crippen molar-refractivity contribution in [3.8, 4) is 17.9 Å². The van der Waals surface area contributed by atoms with E-state index >= 15 is 0 Å². The molecule has 0 heterocycles. The minimum atomic E-state index is 0.352. The second-order valence-electron chi connectivity index (χ2n) is 2.30. The van der Waals surface area contributed by atoms with Crippen molar-refractivity contribution in [2.75, 3.05) is 7.11 Å². The summed E-state index contributed by atoms with van der Waals surface area (Å²) in [6.45, 7) is 0. The Kier molecular flexibility index (Phi) is 2.79. The van der Waals surface area contributed by atoms with Gasteiger partial charge in [-0.15, -0.1) is 12.6 Å². The maximum Gasteiger partial charge on any atom is 0.139 e. The first-order chi connectivity index (χ1) is 6.22. The lowest BCUT2D eigenvalue weighted by Gasteiger charge is -2.04. The molecule has 0 fully saturated rings. The molecule has 0 aliphatic rings. The molecular weight excluding hydrogens is 184 g/mol. The summed E-state index contributed by atoms with van der Waals surface area (Å²) in [5, 5.41) is 17.4. The SMILES string of the molecule is COc1cc(C#N)cc(S)c1C#N. The summed E-state index contributed by atoms with van der Waals surface area (Å²) in [6.07, 6.45) is 0. The summed E-state index contributed by atoms with van der Waals surface area (Å²) in [5.41, 5.74) is 0.783. The molecule has 0 amide bonds. The van der Waals surface area contributed by atoms with Crippen LogP contribution in [0.1, 0.15) is 11.1 Å². The van der Waals surface area contributed by atoms with Crippen LogP contribution in [-0.2, 0) is 0 Å². The van der Waals surface area contributed by atoms with Crippen molar-refractivity contribution in [3.63, 3.8) is 0 Å². The van der Waals surface area contributed by atoms with Crippen LogP contribution in [-0.4, -0.2) is 7.11 Å². The van der Waals surface area contributed by atoms with E-state index in [-0.39, 0.29) is 0 Å². The lowest BCUT2D eigenvalue weighted by Crippen LogP contribution is -1.90. The quantitative estimate of drug-likeness (QED) is 0.686. The van der Waals surface area contributed by atoms with E-state index in [0.29, 0.717) is 21.8 Å². The minimum Gasteiger partial charge on any atom is -0.495 e. The van der Waals surface area contributed by atoms with Crippen LogP contribution in [0.5, 0.6) is 5.75 Å². The minimum absolute atomic E-state index is 0.352. The molecule has 0 N–H and O–H groups in total. The number of methoxy groups -OCH3 is 1. The predicted molar refractivity (Wildman–Crippen MR) is 49.7 cm³/mol. The third kappa shape index (κ3) is 1.74. The van der Waals surface area contributed by atoms with Crippen LogP contribution in [0.15, 0.2) is 17.0 Å². The Morgan fingerprint density at radius 3 is 2.46 bits per heavy atom. The van der Waals surface area contributed by atoms with Crippen molar-refractivity contribution in [2.24, 2.45) is 0 Å². The molecule has 1 aromatic carbocycles. The Labute approximate surface area is 81.6 Å². The van der Waals surface area contributed by atoms with Crippen LogP contribution >= 0.6 is 12.6 Å². The summed E-state index contributed by atoms with van der Waals surface area (Å²) >= 11 is 4.07. The van der Waals surface area contributed by atoms with Crippen LogP contribution < -0.4 is 4.74 Å². The van der Waals surface area contributed by atoms with E-state index in [1.807, 2.05) is 12.1 Å². The van der Waals surface area contributed by atoms with Crippen LogP contribution in [0.3, 0.4) is 0 Å². The monoisotopic (exact) mass is 190 g/mol. The highest BCUT2D eigenvalue weighted by atomic mass is 32.1. The Morgan fingerprint density at radius 1 is 1.31 bits per heavy atom. The third-order valence-electron chi connectivity index (χ3n) is 1.54. The van der Waals surface area contributed by atoms with E-state index in [9.17, 15) is 0 Å². The highest BCUT2D eigenvalue weighted by Gasteiger charge is 2.08. The van der Waals surface area contributed by atoms with Gasteiger partial charge in [0, 0.05) is 4.90 Å². The molecule has 0 atom stereocenters. The van der Waals surface area contributed by atoms with E-state index in [0.717, 1.165) is 0 Å². The molecule has 1 aromatic rings. The average molecular weight is 190 g/mol. The maximum absolute atomic E-state index is 8.73. The molecule has 0 aromatic heterocycles. The number of nitriles is 2. The van der Waals surface area contributed by atoms with E-state index in [1.54, 1.807) is 0 Å². The zero-order valence-electron chi connectivity index (χ0n) is 6.90. The van der Waals surface area contributed by atoms with E-state index in [2.05, 4.69) is 12.6 Å². The fraction of sp³-hybridized carbons (Fsp3) is 0.111. The first-order valence-corrected chi connectivity index (χ1v) is 3.89. The first kappa shape index (κ1) is 9.44. The molecule has 0 aliphatic heterocycles. The third-order valence-corrected chi connectivity index (χ3v) is 1.89. The molecule has 0 saturated carbocycles. The van der Waals surface area contributed by atoms with Gasteiger partial charge in [-0.1, -0.05) is 0 Å². The lowest BCUT2D eigenvalue weighted by atomic mass is 10.1. The van der Waals surface area contributed by atoms with Gasteiger partial charge in [-0.3, -0.25) is 0 Å². The molecule has 4 heteroatoms. The number of thiol groups is 1. The Hall–Kier alpha value is -1.65. The zero-order valence-corrected chi connectivity index (χ0v) is 7.80. The zero-order chi connectivity index (χ0) is 9.84. The van der Waals surface area contributed by atoms with Crippen molar-refractivity contribution >= 4 is 12.6 Å². The molecular formula is C9H6N2OS. The van der Waals surface area contributed by atoms with Crippen LogP contribution in [0.4, 0.5) is 0 Å². The summed E-state index contributed by atoms with van der Waals surface area (Å²) in [5.74, 6) is 0.381. The van der Waals surface area contributed by atoms with Crippen molar-refractivity contribution in [3.05, 3.63) is 23.3 Å². The van der Waals surface area contributed by atoms with Gasteiger partial charge < -0.3 is 4.74 Å². The molecule has 64 valence electrons. The molecule has 0 spiro atoms. The van der Waals surface area contributed by atoms with Gasteiger partial charge >= 0.3 is 0 Å². The largest absolute Gasteiger partial charge is 0.495 e. The summed E-state index contributed by atoms with van der Waals surface area (Å²) in [7, 11) is 1.45. The van der Waals surface area contributed by atoms with E-state index in [1.165, 1.54) is 19.2 Å². The van der Waals surface area contributed by atoms with Crippen molar-refractivity contribution < 1.29 is 4.74 Å². The van der Waals surface area contributed by atoms with Crippen molar-refractivity contribution in [2.45, 2.75) is 4.90 Å². The summed E-state index contributed by atoms with van der Waals surface area (Å²) in [6, 6.07) is 6.95. The standard InChI is InChI=1S/C9H6N2OS/c1-12-8-2-6(4-10)3-9(13)7(8)5-11/h2-3,13H,1H3.